The lowest BCUT2D eigenvalue weighted by molar-refractivity contribution is -0.689. The average Bonchev–Trinajstić information content (AvgIpc) is 3.32. The van der Waals surface area contributed by atoms with Crippen LogP contribution in [-0.4, -0.2) is 74.6 Å². The molecule has 192 valence electrons. The number of amides is 3. The van der Waals surface area contributed by atoms with Crippen LogP contribution in [0.1, 0.15) is 5.69 Å². The van der Waals surface area contributed by atoms with Crippen LogP contribution in [0.4, 0.5) is 5.13 Å². The maximum absolute atomic E-state index is 13.2. The van der Waals surface area contributed by atoms with Gasteiger partial charge >= 0.3 is 0 Å². The topological polar surface area (TPSA) is 157 Å². The van der Waals surface area contributed by atoms with Gasteiger partial charge in [-0.15, -0.1) is 23.1 Å². The predicted octanol–water partition coefficient (Wildman–Crippen LogP) is -1.06. The van der Waals surface area contributed by atoms with Crippen LogP contribution in [-0.2, 0) is 30.6 Å². The molecular formula is C22H20N6O6S3. The SMILES string of the molecule is O=CNc1nc(/C(=N/OC2CSC2)C(=O)NC2C(=O)N3C(C(=O)[O-])=C(C[n+]4ccccc4)CS[C@H]23)cs1. The van der Waals surface area contributed by atoms with Gasteiger partial charge in [0.2, 0.25) is 6.41 Å². The van der Waals surface area contributed by atoms with Crippen LogP contribution >= 0.6 is 34.9 Å². The quantitative estimate of drug-likeness (QED) is 0.122. The molecule has 2 aromatic rings. The predicted molar refractivity (Wildman–Crippen MR) is 134 cm³/mol. The summed E-state index contributed by atoms with van der Waals surface area (Å²) >= 11 is 4.14. The number of aromatic nitrogens is 2. The highest BCUT2D eigenvalue weighted by Gasteiger charge is 2.53. The molecule has 12 nitrogen and oxygen atoms in total. The van der Waals surface area contributed by atoms with Gasteiger partial charge in [0.25, 0.3) is 11.8 Å². The molecule has 15 heteroatoms. The van der Waals surface area contributed by atoms with Gasteiger partial charge in [0.15, 0.2) is 29.8 Å². The molecule has 37 heavy (non-hydrogen) atoms. The summed E-state index contributed by atoms with van der Waals surface area (Å²) in [7, 11) is 0. The second-order valence-corrected chi connectivity index (χ2v) is 11.2. The number of carbonyl (C=O) groups excluding carboxylic acids is 4. The summed E-state index contributed by atoms with van der Waals surface area (Å²) in [6.45, 7) is 0.291. The number of fused-ring (bicyclic) bond motifs is 1. The minimum atomic E-state index is -1.44. The molecular weight excluding hydrogens is 540 g/mol. The van der Waals surface area contributed by atoms with Crippen molar-refractivity contribution in [2.75, 3.05) is 22.6 Å². The van der Waals surface area contributed by atoms with Crippen molar-refractivity contribution >= 4 is 69.9 Å². The molecule has 5 rings (SSSR count). The number of nitrogens with one attached hydrogen (secondary N) is 2. The Hall–Kier alpha value is -3.43. The molecule has 2 N–H and O–H groups in total. The van der Waals surface area contributed by atoms with E-state index in [-0.39, 0.29) is 28.3 Å². The maximum Gasteiger partial charge on any atom is 0.276 e. The van der Waals surface area contributed by atoms with Gasteiger partial charge in [-0.05, 0) is 0 Å². The first-order valence-electron chi connectivity index (χ1n) is 11.1. The summed E-state index contributed by atoms with van der Waals surface area (Å²) in [6.07, 6.45) is 3.94. The molecule has 2 saturated heterocycles. The molecule has 0 aromatic carbocycles. The lowest BCUT2D eigenvalue weighted by Crippen LogP contribution is -2.71. The fraction of sp³-hybridized carbons (Fsp3) is 0.318. The van der Waals surface area contributed by atoms with E-state index in [1.54, 1.807) is 24.2 Å². The Kier molecular flexibility index (Phi) is 7.43. The molecule has 0 radical (unpaired) electrons. The lowest BCUT2D eigenvalue weighted by atomic mass is 10.0. The molecule has 3 aliphatic rings. The van der Waals surface area contributed by atoms with E-state index in [9.17, 15) is 24.3 Å². The molecule has 0 bridgehead atoms. The zero-order chi connectivity index (χ0) is 25.9. The zero-order valence-electron chi connectivity index (χ0n) is 19.1. The molecule has 1 unspecified atom stereocenters. The van der Waals surface area contributed by atoms with Crippen LogP contribution < -0.4 is 20.3 Å². The van der Waals surface area contributed by atoms with E-state index in [1.807, 2.05) is 22.8 Å². The molecule has 0 aliphatic carbocycles. The van der Waals surface area contributed by atoms with E-state index >= 15 is 0 Å². The van der Waals surface area contributed by atoms with Gasteiger partial charge in [-0.25, -0.2) is 9.55 Å². The van der Waals surface area contributed by atoms with Crippen molar-refractivity contribution < 1.29 is 33.7 Å². The average molecular weight is 561 g/mol. The number of anilines is 1. The molecule has 2 fully saturated rings. The number of rotatable bonds is 10. The molecule has 2 aromatic heterocycles. The fourth-order valence-electron chi connectivity index (χ4n) is 3.87. The molecule has 3 amide bonds. The third-order valence-corrected chi connectivity index (χ3v) is 9.05. The normalized spacial score (nSPS) is 21.5. The number of carboxylic acid groups (broad SMARTS) is 1. The van der Waals surface area contributed by atoms with Crippen molar-refractivity contribution in [3.05, 3.63) is 52.9 Å². The van der Waals surface area contributed by atoms with Crippen LogP contribution in [0.2, 0.25) is 0 Å². The van der Waals surface area contributed by atoms with Gasteiger partial charge in [-0.1, -0.05) is 11.2 Å². The molecule has 2 atom stereocenters. The highest BCUT2D eigenvalue weighted by molar-refractivity contribution is 8.00. The molecule has 0 saturated carbocycles. The summed E-state index contributed by atoms with van der Waals surface area (Å²) in [5.74, 6) is -0.867. The van der Waals surface area contributed by atoms with Crippen LogP contribution in [0.3, 0.4) is 0 Å². The molecule has 3 aliphatic heterocycles. The summed E-state index contributed by atoms with van der Waals surface area (Å²) in [5, 5.41) is 22.3. The first-order valence-corrected chi connectivity index (χ1v) is 14.1. The number of nitrogens with zero attached hydrogens (tertiary/aromatic N) is 4. The third kappa shape index (κ3) is 5.19. The minimum Gasteiger partial charge on any atom is -0.543 e. The Morgan fingerprint density at radius 2 is 2.08 bits per heavy atom. The maximum atomic E-state index is 13.2. The Bertz CT molecular complexity index is 1290. The number of thioether (sulfide) groups is 2. The van der Waals surface area contributed by atoms with Crippen molar-refractivity contribution in [2.45, 2.75) is 24.1 Å². The van der Waals surface area contributed by atoms with E-state index in [0.717, 1.165) is 22.8 Å². The van der Waals surface area contributed by atoms with Gasteiger partial charge in [0, 0.05) is 40.3 Å². The highest BCUT2D eigenvalue weighted by atomic mass is 32.2. The fourth-order valence-corrected chi connectivity index (χ4v) is 6.41. The number of carbonyl (C=O) groups is 4. The van der Waals surface area contributed by atoms with E-state index in [0.29, 0.717) is 24.3 Å². The second kappa shape index (κ2) is 10.9. The molecule has 0 spiro atoms. The largest absolute Gasteiger partial charge is 0.543 e. The number of oxime groups is 1. The summed E-state index contributed by atoms with van der Waals surface area (Å²) in [4.78, 5) is 59.8. The Balaban J connectivity index is 1.33. The van der Waals surface area contributed by atoms with E-state index in [4.69, 9.17) is 4.84 Å². The first kappa shape index (κ1) is 25.2. The van der Waals surface area contributed by atoms with Crippen LogP contribution in [0, 0.1) is 0 Å². The number of hydrogen-bond acceptors (Lipinski definition) is 11. The van der Waals surface area contributed by atoms with E-state index < -0.39 is 29.2 Å². The van der Waals surface area contributed by atoms with Crippen molar-refractivity contribution in [3.63, 3.8) is 0 Å². The van der Waals surface area contributed by atoms with Gasteiger partial charge < -0.3 is 25.4 Å². The highest BCUT2D eigenvalue weighted by Crippen LogP contribution is 2.40. The number of aliphatic carboxylic acids is 1. The van der Waals surface area contributed by atoms with Crippen molar-refractivity contribution in [2.24, 2.45) is 5.16 Å². The van der Waals surface area contributed by atoms with Gasteiger partial charge in [-0.2, -0.15) is 11.8 Å². The first-order chi connectivity index (χ1) is 18.0. The van der Waals surface area contributed by atoms with Crippen molar-refractivity contribution in [3.8, 4) is 0 Å². The number of carboxylic acids is 1. The van der Waals surface area contributed by atoms with E-state index in [2.05, 4.69) is 20.8 Å². The van der Waals surface area contributed by atoms with E-state index in [1.165, 1.54) is 22.0 Å². The zero-order valence-corrected chi connectivity index (χ0v) is 21.5. The smallest absolute Gasteiger partial charge is 0.276 e. The van der Waals surface area contributed by atoms with Crippen LogP contribution in [0.5, 0.6) is 0 Å². The monoisotopic (exact) mass is 560 g/mol. The Morgan fingerprint density at radius 3 is 2.76 bits per heavy atom. The number of β-lactam (4-membered cyclic amide) rings is 1. The van der Waals surface area contributed by atoms with Gasteiger partial charge in [0.05, 0.1) is 11.7 Å². The minimum absolute atomic E-state index is 0.134. The number of thiazole rings is 1. The summed E-state index contributed by atoms with van der Waals surface area (Å²) in [5.41, 5.74) is 0.411. The Labute approximate surface area is 223 Å². The standard InChI is InChI=1S/C22H20N6O6S3/c29-11-23-22-24-14(10-37-22)15(26-34-13-8-35-9-13)18(30)25-16-19(31)28-17(21(32)33)12(7-36-20(16)28)6-27-4-2-1-3-5-27/h1-5,10-11,13,16,20H,6-9H2,(H2-,23,24,25,29,30,32,33)/b26-15-/t16?,20-/m1/s1. The number of hydrogen-bond donors (Lipinski definition) is 2. The lowest BCUT2D eigenvalue weighted by Gasteiger charge is -2.50. The third-order valence-electron chi connectivity index (χ3n) is 5.72. The van der Waals surface area contributed by atoms with Gasteiger partial charge in [0.1, 0.15) is 23.2 Å². The Morgan fingerprint density at radius 1 is 1.30 bits per heavy atom. The molecule has 5 heterocycles. The van der Waals surface area contributed by atoms with Crippen molar-refractivity contribution in [1.82, 2.24) is 15.2 Å². The van der Waals surface area contributed by atoms with Crippen LogP contribution in [0.15, 0.2) is 52.4 Å². The number of pyridine rings is 1. The van der Waals surface area contributed by atoms with Crippen LogP contribution in [0.25, 0.3) is 0 Å². The van der Waals surface area contributed by atoms with Gasteiger partial charge in [-0.3, -0.25) is 19.3 Å². The summed E-state index contributed by atoms with van der Waals surface area (Å²) in [6, 6.07) is 4.53. The summed E-state index contributed by atoms with van der Waals surface area (Å²) < 4.78 is 1.81. The van der Waals surface area contributed by atoms with Crippen molar-refractivity contribution in [1.29, 1.82) is 0 Å². The second-order valence-electron chi connectivity index (χ2n) is 8.15.